The molecule has 4 rings (SSSR count). The highest BCUT2D eigenvalue weighted by atomic mass is 15.3. The number of fused-ring (bicyclic) bond motifs is 2. The van der Waals surface area contributed by atoms with Crippen molar-refractivity contribution in [3.05, 3.63) is 18.7 Å². The Morgan fingerprint density at radius 3 is 3.12 bits per heavy atom. The number of piperidine rings is 1. The summed E-state index contributed by atoms with van der Waals surface area (Å²) in [6.07, 6.45) is 5.32. The van der Waals surface area contributed by atoms with Crippen molar-refractivity contribution in [2.45, 2.75) is 6.04 Å². The van der Waals surface area contributed by atoms with Crippen LogP contribution in [-0.4, -0.2) is 38.7 Å². The van der Waals surface area contributed by atoms with Gasteiger partial charge in [0.05, 0.1) is 0 Å². The second-order valence-corrected chi connectivity index (χ2v) is 4.49. The van der Waals surface area contributed by atoms with Crippen LogP contribution >= 0.6 is 0 Å². The van der Waals surface area contributed by atoms with E-state index in [0.29, 0.717) is 6.04 Å². The molecule has 6 heteroatoms. The van der Waals surface area contributed by atoms with Gasteiger partial charge in [-0.15, -0.1) is 10.2 Å². The lowest BCUT2D eigenvalue weighted by molar-refractivity contribution is 0.695. The van der Waals surface area contributed by atoms with Gasteiger partial charge >= 0.3 is 0 Å². The first-order valence-corrected chi connectivity index (χ1v) is 5.55. The first-order valence-electron chi connectivity index (χ1n) is 5.55. The molecule has 2 aliphatic rings. The molecule has 2 fully saturated rings. The fraction of sp³-hybridized carbons (Fsp3) is 0.500. The first kappa shape index (κ1) is 8.46. The molecule has 0 spiro atoms. The van der Waals surface area contributed by atoms with Crippen molar-refractivity contribution in [3.63, 3.8) is 0 Å². The third-order valence-corrected chi connectivity index (χ3v) is 3.61. The average molecular weight is 216 g/mol. The Bertz CT molecular complexity index is 525. The van der Waals surface area contributed by atoms with Crippen molar-refractivity contribution in [2.24, 2.45) is 11.8 Å². The van der Waals surface area contributed by atoms with Crippen LogP contribution in [-0.2, 0) is 0 Å². The van der Waals surface area contributed by atoms with E-state index < -0.39 is 0 Å². The van der Waals surface area contributed by atoms with Crippen molar-refractivity contribution < 1.29 is 0 Å². The fourth-order valence-electron chi connectivity index (χ4n) is 2.65. The Hall–Kier alpha value is -1.69. The van der Waals surface area contributed by atoms with Gasteiger partial charge < -0.3 is 10.6 Å². The number of hydrogen-bond acceptors (Lipinski definition) is 5. The smallest absolute Gasteiger partial charge is 0.203 e. The van der Waals surface area contributed by atoms with Crippen molar-refractivity contribution >= 4 is 11.5 Å². The van der Waals surface area contributed by atoms with Gasteiger partial charge in [-0.3, -0.25) is 4.40 Å². The monoisotopic (exact) mass is 216 g/mol. The normalized spacial score (nSPS) is 31.6. The summed E-state index contributed by atoms with van der Waals surface area (Å²) < 4.78 is 1.88. The van der Waals surface area contributed by atoms with Crippen molar-refractivity contribution in [3.8, 4) is 0 Å². The highest BCUT2D eigenvalue weighted by Crippen LogP contribution is 2.43. The van der Waals surface area contributed by atoms with Gasteiger partial charge in [-0.25, -0.2) is 4.98 Å². The number of anilines is 1. The molecule has 0 bridgehead atoms. The van der Waals surface area contributed by atoms with Crippen LogP contribution in [0.5, 0.6) is 0 Å². The zero-order valence-electron chi connectivity index (χ0n) is 8.67. The Kier molecular flexibility index (Phi) is 1.54. The van der Waals surface area contributed by atoms with E-state index in [9.17, 15) is 0 Å². The molecule has 6 nitrogen and oxygen atoms in total. The maximum atomic E-state index is 4.33. The van der Waals surface area contributed by atoms with E-state index in [-0.39, 0.29) is 0 Å². The molecule has 3 heterocycles. The lowest BCUT2D eigenvalue weighted by Crippen LogP contribution is -2.22. The second kappa shape index (κ2) is 2.91. The third-order valence-electron chi connectivity index (χ3n) is 3.61. The molecule has 2 aromatic rings. The quantitative estimate of drug-likeness (QED) is 0.725. The Morgan fingerprint density at radius 1 is 1.38 bits per heavy atom. The number of rotatable bonds is 2. The third kappa shape index (κ3) is 1.07. The molecule has 1 saturated heterocycles. The molecule has 2 atom stereocenters. The van der Waals surface area contributed by atoms with E-state index >= 15 is 0 Å². The van der Waals surface area contributed by atoms with Crippen LogP contribution in [0, 0.1) is 11.8 Å². The molecule has 1 aliphatic carbocycles. The highest BCUT2D eigenvalue weighted by molar-refractivity contribution is 5.62. The summed E-state index contributed by atoms with van der Waals surface area (Å²) in [4.78, 5) is 4.33. The molecule has 2 aromatic heterocycles. The highest BCUT2D eigenvalue weighted by Gasteiger charge is 2.53. The maximum absolute atomic E-state index is 4.33. The maximum Gasteiger partial charge on any atom is 0.203 e. The summed E-state index contributed by atoms with van der Waals surface area (Å²) in [5.41, 5.74) is 0.806. The van der Waals surface area contributed by atoms with Gasteiger partial charge in [-0.2, -0.15) is 0 Å². The van der Waals surface area contributed by atoms with Gasteiger partial charge in [0.25, 0.3) is 0 Å². The Morgan fingerprint density at radius 2 is 2.25 bits per heavy atom. The molecule has 82 valence electrons. The molecule has 0 amide bonds. The summed E-state index contributed by atoms with van der Waals surface area (Å²) in [5.74, 6) is 2.38. The molecular formula is C10H12N6. The van der Waals surface area contributed by atoms with E-state index in [1.54, 1.807) is 12.5 Å². The summed E-state index contributed by atoms with van der Waals surface area (Å²) in [5, 5.41) is 14.8. The van der Waals surface area contributed by atoms with Gasteiger partial charge in [-0.05, 0) is 11.8 Å². The summed E-state index contributed by atoms with van der Waals surface area (Å²) in [6, 6.07) is 0.566. The molecule has 2 N–H and O–H groups in total. The Labute approximate surface area is 92.1 Å². The zero-order chi connectivity index (χ0) is 10.5. The van der Waals surface area contributed by atoms with Crippen LogP contribution in [0.2, 0.25) is 0 Å². The molecule has 1 saturated carbocycles. The van der Waals surface area contributed by atoms with E-state index in [1.807, 2.05) is 10.6 Å². The Balaban J connectivity index is 1.65. The van der Waals surface area contributed by atoms with Crippen molar-refractivity contribution in [1.82, 2.24) is 24.9 Å². The second-order valence-electron chi connectivity index (χ2n) is 4.49. The van der Waals surface area contributed by atoms with Crippen LogP contribution in [0.1, 0.15) is 0 Å². The van der Waals surface area contributed by atoms with E-state index in [4.69, 9.17) is 0 Å². The van der Waals surface area contributed by atoms with Crippen LogP contribution in [0.15, 0.2) is 18.7 Å². The standard InChI is InChI=1S/C10H12N6/c1-2-16-5-13-15-10(16)9(12-1)14-8-6-3-11-4-7(6)8/h1-2,5-8,11H,3-4H2,(H,12,14). The van der Waals surface area contributed by atoms with Crippen LogP contribution in [0.25, 0.3) is 5.65 Å². The van der Waals surface area contributed by atoms with Gasteiger partial charge in [0.15, 0.2) is 5.82 Å². The van der Waals surface area contributed by atoms with Crippen LogP contribution in [0.3, 0.4) is 0 Å². The zero-order valence-corrected chi connectivity index (χ0v) is 8.67. The first-order chi connectivity index (χ1) is 7.93. The summed E-state index contributed by atoms with van der Waals surface area (Å²) in [7, 11) is 0. The molecule has 2 unspecified atom stereocenters. The van der Waals surface area contributed by atoms with Gasteiger partial charge in [0, 0.05) is 31.5 Å². The van der Waals surface area contributed by atoms with Gasteiger partial charge in [0.2, 0.25) is 5.65 Å². The lowest BCUT2D eigenvalue weighted by atomic mass is 10.4. The van der Waals surface area contributed by atoms with E-state index in [1.165, 1.54) is 0 Å². The largest absolute Gasteiger partial charge is 0.364 e. The predicted octanol–water partition coefficient (Wildman–Crippen LogP) is -0.246. The SMILES string of the molecule is c1cn2cnnc2c(NC2C3CNCC32)n1. The topological polar surface area (TPSA) is 67.1 Å². The average Bonchev–Trinajstić information content (AvgIpc) is 2.80. The van der Waals surface area contributed by atoms with Gasteiger partial charge in [0.1, 0.15) is 6.33 Å². The molecule has 0 aromatic carbocycles. The van der Waals surface area contributed by atoms with Crippen molar-refractivity contribution in [2.75, 3.05) is 18.4 Å². The number of nitrogens with zero attached hydrogens (tertiary/aromatic N) is 4. The molecule has 16 heavy (non-hydrogen) atoms. The molecule has 0 radical (unpaired) electrons. The molecule has 1 aliphatic heterocycles. The fourth-order valence-corrected chi connectivity index (χ4v) is 2.65. The predicted molar refractivity (Wildman–Crippen MR) is 58.0 cm³/mol. The van der Waals surface area contributed by atoms with Crippen LogP contribution in [0.4, 0.5) is 5.82 Å². The minimum absolute atomic E-state index is 0.566. The molecular weight excluding hydrogens is 204 g/mol. The van der Waals surface area contributed by atoms with Crippen molar-refractivity contribution in [1.29, 1.82) is 0 Å². The number of nitrogens with one attached hydrogen (secondary N) is 2. The minimum Gasteiger partial charge on any atom is -0.364 e. The summed E-state index contributed by atoms with van der Waals surface area (Å²) >= 11 is 0. The van der Waals surface area contributed by atoms with Gasteiger partial charge in [-0.1, -0.05) is 0 Å². The number of aromatic nitrogens is 4. The van der Waals surface area contributed by atoms with Crippen LogP contribution < -0.4 is 10.6 Å². The number of hydrogen-bond donors (Lipinski definition) is 2. The minimum atomic E-state index is 0.566. The van der Waals surface area contributed by atoms with E-state index in [0.717, 1.165) is 36.4 Å². The van der Waals surface area contributed by atoms with E-state index in [2.05, 4.69) is 25.8 Å². The lowest BCUT2D eigenvalue weighted by Gasteiger charge is -2.08. The summed E-state index contributed by atoms with van der Waals surface area (Å²) in [6.45, 7) is 2.25.